The Kier molecular flexibility index (Phi) is 5.62. The third kappa shape index (κ3) is 5.90. The number of ether oxygens (including phenoxy) is 1. The van der Waals surface area contributed by atoms with Crippen LogP contribution >= 0.6 is 0 Å². The highest BCUT2D eigenvalue weighted by atomic mass is 19.3. The summed E-state index contributed by atoms with van der Waals surface area (Å²) < 4.78 is 30.9. The Hall–Kier alpha value is -2.44. The van der Waals surface area contributed by atoms with Gasteiger partial charge in [-0.05, 0) is 38.5 Å². The van der Waals surface area contributed by atoms with E-state index < -0.39 is 29.7 Å². The first-order valence-corrected chi connectivity index (χ1v) is 6.41. The van der Waals surface area contributed by atoms with E-state index in [0.29, 0.717) is 6.08 Å². The molecule has 0 fully saturated rings. The van der Waals surface area contributed by atoms with Crippen LogP contribution in [0, 0.1) is 0 Å². The first kappa shape index (κ1) is 17.6. The van der Waals surface area contributed by atoms with E-state index >= 15 is 0 Å². The lowest BCUT2D eigenvalue weighted by Gasteiger charge is -2.19. The average molecular weight is 313 g/mol. The number of halogens is 2. The molecule has 5 nitrogen and oxygen atoms in total. The van der Waals surface area contributed by atoms with E-state index in [9.17, 15) is 18.4 Å². The molecule has 0 heterocycles. The summed E-state index contributed by atoms with van der Waals surface area (Å²) in [7, 11) is 0. The SMILES string of the molecule is CC(C)(C)OC(=O)Nc1cccc(/C(=C/C(=O)O)C(F)F)c1. The minimum Gasteiger partial charge on any atom is -0.478 e. The molecule has 0 aliphatic heterocycles. The van der Waals surface area contributed by atoms with E-state index in [2.05, 4.69) is 5.32 Å². The average Bonchev–Trinajstić information content (AvgIpc) is 2.33. The number of carboxylic acids is 1. The molecule has 0 radical (unpaired) electrons. The van der Waals surface area contributed by atoms with Crippen molar-refractivity contribution >= 4 is 23.3 Å². The van der Waals surface area contributed by atoms with Crippen LogP contribution in [0.4, 0.5) is 19.3 Å². The number of alkyl halides is 2. The summed E-state index contributed by atoms with van der Waals surface area (Å²) >= 11 is 0. The molecule has 22 heavy (non-hydrogen) atoms. The third-order valence-electron chi connectivity index (χ3n) is 2.36. The molecule has 1 rings (SSSR count). The Morgan fingerprint density at radius 3 is 2.45 bits per heavy atom. The molecule has 1 aromatic rings. The smallest absolute Gasteiger partial charge is 0.412 e. The van der Waals surface area contributed by atoms with Gasteiger partial charge in [-0.1, -0.05) is 12.1 Å². The van der Waals surface area contributed by atoms with Crippen LogP contribution in [0.3, 0.4) is 0 Å². The first-order valence-electron chi connectivity index (χ1n) is 6.41. The molecule has 1 amide bonds. The fourth-order valence-corrected chi connectivity index (χ4v) is 1.60. The predicted molar refractivity (Wildman–Crippen MR) is 77.9 cm³/mol. The van der Waals surface area contributed by atoms with Crippen molar-refractivity contribution in [1.29, 1.82) is 0 Å². The van der Waals surface area contributed by atoms with Gasteiger partial charge in [-0.15, -0.1) is 0 Å². The van der Waals surface area contributed by atoms with Gasteiger partial charge >= 0.3 is 12.1 Å². The summed E-state index contributed by atoms with van der Waals surface area (Å²) in [6.07, 6.45) is -3.24. The first-order chi connectivity index (χ1) is 10.1. The number of aliphatic carboxylic acids is 1. The van der Waals surface area contributed by atoms with Crippen LogP contribution in [0.1, 0.15) is 26.3 Å². The van der Waals surface area contributed by atoms with Crippen molar-refractivity contribution in [1.82, 2.24) is 0 Å². The van der Waals surface area contributed by atoms with E-state index in [1.54, 1.807) is 20.8 Å². The number of allylic oxidation sites excluding steroid dienone is 1. The summed E-state index contributed by atoms with van der Waals surface area (Å²) in [5.41, 5.74) is -1.10. The van der Waals surface area contributed by atoms with Gasteiger partial charge in [0.15, 0.2) is 0 Å². The highest BCUT2D eigenvalue weighted by Gasteiger charge is 2.18. The molecule has 0 aromatic heterocycles. The number of anilines is 1. The summed E-state index contributed by atoms with van der Waals surface area (Å²) in [5, 5.41) is 11.0. The standard InChI is InChI=1S/C15H17F2NO4/c1-15(2,3)22-14(21)18-10-6-4-5-9(7-10)11(13(16)17)8-12(19)20/h4-8,13H,1-3H3,(H,18,21)(H,19,20)/b11-8-. The normalized spacial score (nSPS) is 12.2. The number of hydrogen-bond donors (Lipinski definition) is 2. The summed E-state index contributed by atoms with van der Waals surface area (Å²) in [6, 6.07) is 5.50. The molecular weight excluding hydrogens is 296 g/mol. The molecule has 0 spiro atoms. The zero-order chi connectivity index (χ0) is 16.9. The monoisotopic (exact) mass is 313 g/mol. The second-order valence-electron chi connectivity index (χ2n) is 5.45. The second kappa shape index (κ2) is 7.02. The molecule has 0 atom stereocenters. The molecule has 1 aromatic carbocycles. The molecule has 0 saturated heterocycles. The van der Waals surface area contributed by atoms with Crippen molar-refractivity contribution in [2.24, 2.45) is 0 Å². The fourth-order valence-electron chi connectivity index (χ4n) is 1.60. The zero-order valence-corrected chi connectivity index (χ0v) is 12.4. The lowest BCUT2D eigenvalue weighted by Crippen LogP contribution is -2.27. The molecule has 2 N–H and O–H groups in total. The van der Waals surface area contributed by atoms with Gasteiger partial charge in [0.05, 0.1) is 0 Å². The Morgan fingerprint density at radius 2 is 1.95 bits per heavy atom. The minimum atomic E-state index is -2.95. The van der Waals surface area contributed by atoms with Crippen molar-refractivity contribution in [3.63, 3.8) is 0 Å². The zero-order valence-electron chi connectivity index (χ0n) is 12.4. The molecule has 0 aliphatic rings. The summed E-state index contributed by atoms with van der Waals surface area (Å²) in [5.74, 6) is -1.47. The molecule has 0 aliphatic carbocycles. The van der Waals surface area contributed by atoms with Crippen molar-refractivity contribution in [2.45, 2.75) is 32.8 Å². The number of rotatable bonds is 4. The molecule has 0 saturated carbocycles. The van der Waals surface area contributed by atoms with E-state index in [1.165, 1.54) is 24.3 Å². The van der Waals surface area contributed by atoms with Crippen LogP contribution in [0.25, 0.3) is 5.57 Å². The second-order valence-corrected chi connectivity index (χ2v) is 5.45. The summed E-state index contributed by atoms with van der Waals surface area (Å²) in [6.45, 7) is 5.06. The van der Waals surface area contributed by atoms with Gasteiger partial charge in [0.2, 0.25) is 0 Å². The maximum absolute atomic E-state index is 12.9. The van der Waals surface area contributed by atoms with Crippen molar-refractivity contribution < 1.29 is 28.2 Å². The minimum absolute atomic E-state index is 0.00552. The van der Waals surface area contributed by atoms with Gasteiger partial charge in [0.25, 0.3) is 6.43 Å². The predicted octanol–water partition coefficient (Wildman–Crippen LogP) is 3.77. The van der Waals surface area contributed by atoms with Crippen LogP contribution < -0.4 is 5.32 Å². The number of hydrogen-bond acceptors (Lipinski definition) is 3. The number of benzene rings is 1. The van der Waals surface area contributed by atoms with Crippen molar-refractivity contribution in [2.75, 3.05) is 5.32 Å². The lowest BCUT2D eigenvalue weighted by molar-refractivity contribution is -0.131. The molecule has 0 bridgehead atoms. The summed E-state index contributed by atoms with van der Waals surface area (Å²) in [4.78, 5) is 22.2. The molecule has 120 valence electrons. The molecule has 7 heteroatoms. The highest BCUT2D eigenvalue weighted by molar-refractivity contribution is 5.92. The number of carbonyl (C=O) groups is 2. The van der Waals surface area contributed by atoms with E-state index in [0.717, 1.165) is 0 Å². The maximum Gasteiger partial charge on any atom is 0.412 e. The third-order valence-corrected chi connectivity index (χ3v) is 2.36. The molecular formula is C15H17F2NO4. The Labute approximate surface area is 126 Å². The number of amides is 1. The van der Waals surface area contributed by atoms with Crippen LogP contribution in [0.5, 0.6) is 0 Å². The fraction of sp³-hybridized carbons (Fsp3) is 0.333. The van der Waals surface area contributed by atoms with E-state index in [-0.39, 0.29) is 11.3 Å². The van der Waals surface area contributed by atoms with Crippen LogP contribution in [-0.2, 0) is 9.53 Å². The van der Waals surface area contributed by atoms with Gasteiger partial charge in [0.1, 0.15) is 5.60 Å². The van der Waals surface area contributed by atoms with Gasteiger partial charge in [-0.3, -0.25) is 5.32 Å². The number of carboxylic acid groups (broad SMARTS) is 1. The van der Waals surface area contributed by atoms with Crippen LogP contribution in [0.15, 0.2) is 30.3 Å². The number of nitrogens with one attached hydrogen (secondary N) is 1. The van der Waals surface area contributed by atoms with E-state index in [4.69, 9.17) is 9.84 Å². The van der Waals surface area contributed by atoms with Crippen LogP contribution in [-0.4, -0.2) is 29.2 Å². The number of carbonyl (C=O) groups excluding carboxylic acids is 1. The Balaban J connectivity index is 2.99. The van der Waals surface area contributed by atoms with Gasteiger partial charge in [-0.2, -0.15) is 0 Å². The topological polar surface area (TPSA) is 75.6 Å². The maximum atomic E-state index is 12.9. The largest absolute Gasteiger partial charge is 0.478 e. The molecule has 0 unspecified atom stereocenters. The Bertz CT molecular complexity index is 591. The lowest BCUT2D eigenvalue weighted by atomic mass is 10.1. The Morgan fingerprint density at radius 1 is 1.32 bits per heavy atom. The van der Waals surface area contributed by atoms with E-state index in [1.807, 2.05) is 0 Å². The van der Waals surface area contributed by atoms with Crippen molar-refractivity contribution in [3.05, 3.63) is 35.9 Å². The highest BCUT2D eigenvalue weighted by Crippen LogP contribution is 2.24. The quantitative estimate of drug-likeness (QED) is 0.830. The van der Waals surface area contributed by atoms with Gasteiger partial charge in [0, 0.05) is 17.3 Å². The van der Waals surface area contributed by atoms with Gasteiger partial charge < -0.3 is 9.84 Å². The van der Waals surface area contributed by atoms with Crippen LogP contribution in [0.2, 0.25) is 0 Å². The van der Waals surface area contributed by atoms with Crippen molar-refractivity contribution in [3.8, 4) is 0 Å². The van der Waals surface area contributed by atoms with Gasteiger partial charge in [-0.25, -0.2) is 18.4 Å².